The third kappa shape index (κ3) is 4.59. The van der Waals surface area contributed by atoms with Gasteiger partial charge in [0.15, 0.2) is 16.7 Å². The number of benzene rings is 1. The summed E-state index contributed by atoms with van der Waals surface area (Å²) >= 11 is 5.80. The first-order chi connectivity index (χ1) is 13.1. The van der Waals surface area contributed by atoms with Crippen LogP contribution in [0.5, 0.6) is 11.5 Å². The Hall–Kier alpha value is -2.67. The second-order valence-corrected chi connectivity index (χ2v) is 8.77. The largest absolute Gasteiger partial charge is 0.453 e. The number of nitrogens with zero attached hydrogens (tertiary/aromatic N) is 1. The van der Waals surface area contributed by atoms with E-state index in [-0.39, 0.29) is 26.7 Å². The molecule has 1 amide bonds. The molecular formula is C16H13FN4O4S3. The number of aromatic nitrogens is 1. The smallest absolute Gasteiger partial charge is 0.247 e. The highest BCUT2D eigenvalue weighted by atomic mass is 32.2. The summed E-state index contributed by atoms with van der Waals surface area (Å²) in [6, 6.07) is 6.84. The topological polar surface area (TPSA) is 123 Å². The number of sulfonamides is 1. The zero-order valence-electron chi connectivity index (χ0n) is 14.2. The van der Waals surface area contributed by atoms with Gasteiger partial charge in [0.25, 0.3) is 0 Å². The lowest BCUT2D eigenvalue weighted by Gasteiger charge is -2.11. The van der Waals surface area contributed by atoms with Crippen LogP contribution in [0, 0.1) is 5.82 Å². The molecule has 0 atom stereocenters. The number of nitrogens with two attached hydrogens (primary N) is 1. The van der Waals surface area contributed by atoms with Gasteiger partial charge in [-0.2, -0.15) is 0 Å². The van der Waals surface area contributed by atoms with E-state index in [0.29, 0.717) is 15.9 Å². The second kappa shape index (κ2) is 7.75. The molecule has 0 fully saturated rings. The summed E-state index contributed by atoms with van der Waals surface area (Å²) in [7, 11) is -3.89. The number of thiophene rings is 1. The predicted molar refractivity (Wildman–Crippen MR) is 108 cm³/mol. The fraction of sp³-hybridized carbons (Fsp3) is 0.0625. The molecule has 3 rings (SSSR count). The average Bonchev–Trinajstić information content (AvgIpc) is 3.02. The normalized spacial score (nSPS) is 11.2. The number of nitrogens with one attached hydrogen (secondary N) is 2. The Kier molecular flexibility index (Phi) is 5.56. The van der Waals surface area contributed by atoms with Gasteiger partial charge in [0.2, 0.25) is 15.9 Å². The summed E-state index contributed by atoms with van der Waals surface area (Å²) in [5.74, 6) is -0.898. The molecule has 1 aromatic carbocycles. The molecule has 0 unspecified atom stereocenters. The molecule has 0 aliphatic carbocycles. The van der Waals surface area contributed by atoms with Crippen LogP contribution in [-0.2, 0) is 14.8 Å². The van der Waals surface area contributed by atoms with E-state index in [1.807, 2.05) is 0 Å². The van der Waals surface area contributed by atoms with E-state index in [4.69, 9.17) is 22.1 Å². The fourth-order valence-electron chi connectivity index (χ4n) is 2.22. The molecule has 0 saturated carbocycles. The molecule has 0 radical (unpaired) electrons. The average molecular weight is 441 g/mol. The second-order valence-electron chi connectivity index (χ2n) is 5.52. The van der Waals surface area contributed by atoms with Crippen molar-refractivity contribution in [2.45, 2.75) is 11.1 Å². The minimum absolute atomic E-state index is 0.0329. The number of primary sulfonamides is 1. The van der Waals surface area contributed by atoms with E-state index in [0.717, 1.165) is 17.4 Å². The molecule has 0 aliphatic rings. The van der Waals surface area contributed by atoms with Crippen molar-refractivity contribution in [2.75, 3.05) is 5.32 Å². The van der Waals surface area contributed by atoms with Gasteiger partial charge >= 0.3 is 0 Å². The van der Waals surface area contributed by atoms with Gasteiger partial charge in [-0.3, -0.25) is 9.78 Å². The van der Waals surface area contributed by atoms with Crippen molar-refractivity contribution in [3.63, 3.8) is 0 Å². The van der Waals surface area contributed by atoms with Gasteiger partial charge in [0.1, 0.15) is 9.96 Å². The highest BCUT2D eigenvalue weighted by Gasteiger charge is 2.17. The molecule has 2 heterocycles. The summed E-state index contributed by atoms with van der Waals surface area (Å²) < 4.78 is 43.4. The first-order valence-corrected chi connectivity index (χ1v) is 10.4. The maximum Gasteiger partial charge on any atom is 0.247 e. The Morgan fingerprint density at radius 1 is 1.29 bits per heavy atom. The van der Waals surface area contributed by atoms with E-state index in [1.54, 1.807) is 0 Å². The van der Waals surface area contributed by atoms with Crippen molar-refractivity contribution in [3.8, 4) is 11.5 Å². The number of amides is 1. The summed E-state index contributed by atoms with van der Waals surface area (Å²) in [5.41, 5.74) is 0.682. The molecule has 4 N–H and O–H groups in total. The van der Waals surface area contributed by atoms with E-state index >= 15 is 0 Å². The number of pyridine rings is 1. The van der Waals surface area contributed by atoms with Crippen LogP contribution in [0.25, 0.3) is 10.2 Å². The van der Waals surface area contributed by atoms with Crippen molar-refractivity contribution in [3.05, 3.63) is 42.3 Å². The number of carbonyl (C=O) groups is 1. The molecule has 8 nitrogen and oxygen atoms in total. The van der Waals surface area contributed by atoms with Crippen LogP contribution in [0.3, 0.4) is 0 Å². The highest BCUT2D eigenvalue weighted by molar-refractivity contribution is 7.91. The van der Waals surface area contributed by atoms with Crippen molar-refractivity contribution < 1.29 is 22.3 Å². The molecule has 0 aliphatic heterocycles. The van der Waals surface area contributed by atoms with Crippen molar-refractivity contribution in [1.82, 2.24) is 10.3 Å². The number of fused-ring (bicyclic) bond motifs is 1. The zero-order valence-corrected chi connectivity index (χ0v) is 16.7. The summed E-state index contributed by atoms with van der Waals surface area (Å²) in [6.07, 6.45) is 1.41. The lowest BCUT2D eigenvalue weighted by molar-refractivity contribution is -0.117. The van der Waals surface area contributed by atoms with Crippen LogP contribution in [0.4, 0.5) is 10.1 Å². The van der Waals surface area contributed by atoms with Crippen molar-refractivity contribution in [2.24, 2.45) is 5.14 Å². The molecule has 146 valence electrons. The third-order valence-corrected chi connectivity index (χ3v) is 6.10. The van der Waals surface area contributed by atoms with Gasteiger partial charge in [0.05, 0.1) is 10.2 Å². The van der Waals surface area contributed by atoms with Gasteiger partial charge in [-0.1, -0.05) is 0 Å². The molecule has 0 bridgehead atoms. The highest BCUT2D eigenvalue weighted by Crippen LogP contribution is 2.37. The number of anilines is 1. The quantitative estimate of drug-likeness (QED) is 0.533. The van der Waals surface area contributed by atoms with E-state index in [9.17, 15) is 17.6 Å². The van der Waals surface area contributed by atoms with E-state index in [1.165, 1.54) is 37.4 Å². The number of hydrogen-bond acceptors (Lipinski definition) is 7. The predicted octanol–water partition coefficient (Wildman–Crippen LogP) is 2.71. The minimum Gasteiger partial charge on any atom is -0.453 e. The number of ether oxygens (including phenoxy) is 1. The number of carbonyl (C=O) groups excluding carboxylic acids is 1. The molecule has 3 aromatic rings. The van der Waals surface area contributed by atoms with E-state index < -0.39 is 15.8 Å². The van der Waals surface area contributed by atoms with Crippen LogP contribution < -0.4 is 20.5 Å². The van der Waals surface area contributed by atoms with Gasteiger partial charge in [-0.05, 0) is 30.4 Å². The van der Waals surface area contributed by atoms with Crippen LogP contribution in [-0.4, -0.2) is 24.4 Å². The van der Waals surface area contributed by atoms with Gasteiger partial charge in [-0.25, -0.2) is 17.9 Å². The zero-order chi connectivity index (χ0) is 20.5. The molecular weight excluding hydrogens is 427 g/mol. The number of halogens is 1. The Morgan fingerprint density at radius 3 is 2.68 bits per heavy atom. The molecule has 12 heteroatoms. The summed E-state index contributed by atoms with van der Waals surface area (Å²) in [4.78, 5) is 15.0. The van der Waals surface area contributed by atoms with Crippen molar-refractivity contribution >= 4 is 60.5 Å². The van der Waals surface area contributed by atoms with Crippen LogP contribution in [0.15, 0.2) is 40.7 Å². The monoisotopic (exact) mass is 440 g/mol. The molecule has 0 saturated heterocycles. The molecule has 0 spiro atoms. The standard InChI is InChI=1S/C16H13FN4O4S3/c1-8(22)20-16(26)21-9-2-3-12(10(17)6-9)25-13-4-5-19-11-7-14(27-15(11)13)28(18,23)24/h2-7H,1H3,(H2,18,23,24)(H2,20,21,22,26). The Morgan fingerprint density at radius 2 is 2.04 bits per heavy atom. The van der Waals surface area contributed by atoms with Gasteiger partial charge < -0.3 is 15.4 Å². The summed E-state index contributed by atoms with van der Waals surface area (Å²) in [6.45, 7) is 1.30. The number of thiocarbonyl (C=S) groups is 1. The van der Waals surface area contributed by atoms with Gasteiger partial charge in [0, 0.05) is 30.9 Å². The maximum atomic E-state index is 14.4. The lowest BCUT2D eigenvalue weighted by Crippen LogP contribution is -2.32. The van der Waals surface area contributed by atoms with E-state index in [2.05, 4.69) is 15.6 Å². The Labute approximate surface area is 168 Å². The molecule has 2 aromatic heterocycles. The first-order valence-electron chi connectivity index (χ1n) is 7.61. The third-order valence-electron chi connectivity index (χ3n) is 3.33. The first kappa shape index (κ1) is 20.1. The van der Waals surface area contributed by atoms with Crippen LogP contribution >= 0.6 is 23.6 Å². The van der Waals surface area contributed by atoms with Crippen molar-refractivity contribution in [1.29, 1.82) is 0 Å². The van der Waals surface area contributed by atoms with Crippen LogP contribution in [0.1, 0.15) is 6.92 Å². The minimum atomic E-state index is -3.89. The number of hydrogen-bond donors (Lipinski definition) is 3. The van der Waals surface area contributed by atoms with Gasteiger partial charge in [-0.15, -0.1) is 11.3 Å². The summed E-state index contributed by atoms with van der Waals surface area (Å²) in [5, 5.41) is 10.2. The lowest BCUT2D eigenvalue weighted by atomic mass is 10.3. The van der Waals surface area contributed by atoms with Crippen LogP contribution in [0.2, 0.25) is 0 Å². The number of rotatable bonds is 4. The molecule has 28 heavy (non-hydrogen) atoms. The fourth-order valence-corrected chi connectivity index (χ4v) is 4.27. The Balaban J connectivity index is 1.87. The maximum absolute atomic E-state index is 14.4. The SMILES string of the molecule is CC(=O)NC(=S)Nc1ccc(Oc2ccnc3cc(S(N)(=O)=O)sc23)c(F)c1. The Bertz CT molecular complexity index is 1190.